The fourth-order valence-corrected chi connectivity index (χ4v) is 3.10. The summed E-state index contributed by atoms with van der Waals surface area (Å²) in [7, 11) is -3.64. The Bertz CT molecular complexity index is 558. The van der Waals surface area contributed by atoms with Crippen LogP contribution in [0.5, 0.6) is 5.75 Å². The van der Waals surface area contributed by atoms with E-state index in [-0.39, 0.29) is 16.9 Å². The summed E-state index contributed by atoms with van der Waals surface area (Å²) in [5, 5.41) is 9.85. The quantitative estimate of drug-likeness (QED) is 0.821. The molecular weight excluding hydrogens is 276 g/mol. The average molecular weight is 300 g/mol. The van der Waals surface area contributed by atoms with Crippen molar-refractivity contribution in [2.45, 2.75) is 40.0 Å². The van der Waals surface area contributed by atoms with Gasteiger partial charge in [0.05, 0.1) is 5.69 Å². The standard InChI is InChI=1S/C14H24N2O3S/c1-6-16(7-2)20(18,19)15-12-10-11(14(3,4)5)8-9-13(12)17/h8-10,15,17H,6-7H2,1-5H3. The molecule has 0 saturated carbocycles. The number of phenols is 1. The van der Waals surface area contributed by atoms with Crippen LogP contribution in [0.2, 0.25) is 0 Å². The first kappa shape index (κ1) is 16.8. The highest BCUT2D eigenvalue weighted by Gasteiger charge is 2.21. The van der Waals surface area contributed by atoms with Gasteiger partial charge in [-0.2, -0.15) is 12.7 Å². The second-order valence-corrected chi connectivity index (χ2v) is 7.34. The summed E-state index contributed by atoms with van der Waals surface area (Å²) in [5.74, 6) is -0.0752. The SMILES string of the molecule is CCN(CC)S(=O)(=O)Nc1cc(C(C)(C)C)ccc1O. The molecule has 2 N–H and O–H groups in total. The van der Waals surface area contributed by atoms with Crippen molar-refractivity contribution in [1.29, 1.82) is 0 Å². The van der Waals surface area contributed by atoms with Gasteiger partial charge in [0.2, 0.25) is 0 Å². The van der Waals surface area contributed by atoms with E-state index >= 15 is 0 Å². The molecule has 0 atom stereocenters. The predicted octanol–water partition coefficient (Wildman–Crippen LogP) is 2.69. The van der Waals surface area contributed by atoms with Crippen molar-refractivity contribution in [3.63, 3.8) is 0 Å². The maximum absolute atomic E-state index is 12.2. The number of phenolic OH excluding ortho intramolecular Hbond substituents is 1. The van der Waals surface area contributed by atoms with Gasteiger partial charge in [-0.15, -0.1) is 0 Å². The molecule has 1 aromatic carbocycles. The maximum atomic E-state index is 12.2. The van der Waals surface area contributed by atoms with Gasteiger partial charge in [-0.1, -0.05) is 40.7 Å². The van der Waals surface area contributed by atoms with E-state index in [1.807, 2.05) is 20.8 Å². The van der Waals surface area contributed by atoms with Crippen LogP contribution >= 0.6 is 0 Å². The third-order valence-corrected chi connectivity index (χ3v) is 4.82. The van der Waals surface area contributed by atoms with Crippen molar-refractivity contribution in [1.82, 2.24) is 4.31 Å². The number of hydrogen-bond donors (Lipinski definition) is 2. The van der Waals surface area contributed by atoms with Crippen molar-refractivity contribution in [2.75, 3.05) is 17.8 Å². The summed E-state index contributed by atoms with van der Waals surface area (Å²) < 4.78 is 28.1. The number of anilines is 1. The molecule has 0 unspecified atom stereocenters. The van der Waals surface area contributed by atoms with Crippen LogP contribution in [-0.2, 0) is 15.6 Å². The molecule has 0 heterocycles. The van der Waals surface area contributed by atoms with Gasteiger partial charge in [-0.3, -0.25) is 4.72 Å². The summed E-state index contributed by atoms with van der Waals surface area (Å²) in [6.45, 7) is 10.4. The molecule has 1 rings (SSSR count). The molecule has 0 aromatic heterocycles. The largest absolute Gasteiger partial charge is 0.506 e. The van der Waals surface area contributed by atoms with Crippen LogP contribution in [-0.4, -0.2) is 30.9 Å². The first-order valence-electron chi connectivity index (χ1n) is 6.73. The second kappa shape index (κ2) is 6.01. The van der Waals surface area contributed by atoms with E-state index in [1.165, 1.54) is 10.4 Å². The lowest BCUT2D eigenvalue weighted by molar-refractivity contribution is 0.448. The average Bonchev–Trinajstić information content (AvgIpc) is 2.31. The Labute approximate surface area is 121 Å². The lowest BCUT2D eigenvalue weighted by Crippen LogP contribution is -2.35. The molecule has 114 valence electrons. The van der Waals surface area contributed by atoms with E-state index in [4.69, 9.17) is 0 Å². The third kappa shape index (κ3) is 3.86. The highest BCUT2D eigenvalue weighted by molar-refractivity contribution is 7.90. The molecule has 0 fully saturated rings. The van der Waals surface area contributed by atoms with Gasteiger partial charge in [0.1, 0.15) is 5.75 Å². The minimum atomic E-state index is -3.64. The van der Waals surface area contributed by atoms with Crippen LogP contribution in [0.4, 0.5) is 5.69 Å². The Hall–Kier alpha value is -1.27. The van der Waals surface area contributed by atoms with Crippen LogP contribution in [0.3, 0.4) is 0 Å². The molecule has 0 saturated heterocycles. The lowest BCUT2D eigenvalue weighted by atomic mass is 9.87. The fraction of sp³-hybridized carbons (Fsp3) is 0.571. The van der Waals surface area contributed by atoms with Crippen molar-refractivity contribution >= 4 is 15.9 Å². The summed E-state index contributed by atoms with van der Waals surface area (Å²) in [5.41, 5.74) is 1.04. The number of hydrogen-bond acceptors (Lipinski definition) is 3. The maximum Gasteiger partial charge on any atom is 0.301 e. The number of rotatable bonds is 5. The van der Waals surface area contributed by atoms with Crippen LogP contribution in [0, 0.1) is 0 Å². The fourth-order valence-electron chi connectivity index (χ4n) is 1.85. The van der Waals surface area contributed by atoms with Crippen LogP contribution in [0.15, 0.2) is 18.2 Å². The van der Waals surface area contributed by atoms with Crippen LogP contribution in [0.25, 0.3) is 0 Å². The molecule has 0 bridgehead atoms. The molecule has 0 amide bonds. The lowest BCUT2D eigenvalue weighted by Gasteiger charge is -2.23. The predicted molar refractivity (Wildman–Crippen MR) is 82.3 cm³/mol. The summed E-state index contributed by atoms with van der Waals surface area (Å²) in [4.78, 5) is 0. The van der Waals surface area contributed by atoms with Gasteiger partial charge >= 0.3 is 10.2 Å². The Morgan fingerprint density at radius 2 is 1.75 bits per heavy atom. The number of nitrogens with one attached hydrogen (secondary N) is 1. The third-order valence-electron chi connectivity index (χ3n) is 3.15. The molecule has 0 aliphatic heterocycles. The van der Waals surface area contributed by atoms with Gasteiger partial charge < -0.3 is 5.11 Å². The topological polar surface area (TPSA) is 69.6 Å². The van der Waals surface area contributed by atoms with E-state index in [1.54, 1.807) is 26.0 Å². The van der Waals surface area contributed by atoms with Crippen molar-refractivity contribution < 1.29 is 13.5 Å². The molecule has 0 spiro atoms. The Kier molecular flexibility index (Phi) is 5.05. The van der Waals surface area contributed by atoms with E-state index in [2.05, 4.69) is 4.72 Å². The summed E-state index contributed by atoms with van der Waals surface area (Å²) >= 11 is 0. The highest BCUT2D eigenvalue weighted by atomic mass is 32.2. The zero-order valence-corrected chi connectivity index (χ0v) is 13.6. The first-order valence-corrected chi connectivity index (χ1v) is 8.17. The van der Waals surface area contributed by atoms with Gasteiger partial charge in [0.25, 0.3) is 0 Å². The first-order chi connectivity index (χ1) is 9.11. The minimum Gasteiger partial charge on any atom is -0.506 e. The smallest absolute Gasteiger partial charge is 0.301 e. The minimum absolute atomic E-state index is 0.0752. The van der Waals surface area contributed by atoms with Gasteiger partial charge in [-0.25, -0.2) is 0 Å². The molecule has 1 aromatic rings. The molecule has 20 heavy (non-hydrogen) atoms. The molecule has 0 aliphatic rings. The summed E-state index contributed by atoms with van der Waals surface area (Å²) in [6, 6.07) is 4.99. The molecule has 5 nitrogen and oxygen atoms in total. The zero-order valence-electron chi connectivity index (χ0n) is 12.8. The molecule has 0 aliphatic carbocycles. The van der Waals surface area contributed by atoms with Crippen molar-refractivity contribution in [2.24, 2.45) is 0 Å². The van der Waals surface area contributed by atoms with Crippen LogP contribution in [0.1, 0.15) is 40.2 Å². The number of benzene rings is 1. The van der Waals surface area contributed by atoms with Crippen molar-refractivity contribution in [3.8, 4) is 5.75 Å². The normalized spacial score (nSPS) is 12.7. The van der Waals surface area contributed by atoms with E-state index < -0.39 is 10.2 Å². The molecule has 6 heteroatoms. The molecular formula is C14H24N2O3S. The molecule has 0 radical (unpaired) electrons. The Morgan fingerprint density at radius 1 is 1.20 bits per heavy atom. The van der Waals surface area contributed by atoms with Crippen LogP contribution < -0.4 is 4.72 Å². The number of aromatic hydroxyl groups is 1. The monoisotopic (exact) mass is 300 g/mol. The number of nitrogens with zero attached hydrogens (tertiary/aromatic N) is 1. The highest BCUT2D eigenvalue weighted by Crippen LogP contribution is 2.31. The van der Waals surface area contributed by atoms with Gasteiger partial charge in [0.15, 0.2) is 0 Å². The summed E-state index contributed by atoms with van der Waals surface area (Å²) in [6.07, 6.45) is 0. The van der Waals surface area contributed by atoms with E-state index in [0.717, 1.165) is 5.56 Å². The second-order valence-electron chi connectivity index (χ2n) is 5.67. The van der Waals surface area contributed by atoms with Crippen molar-refractivity contribution in [3.05, 3.63) is 23.8 Å². The van der Waals surface area contributed by atoms with E-state index in [9.17, 15) is 13.5 Å². The zero-order chi connectivity index (χ0) is 15.6. The Balaban J connectivity index is 3.15. The Morgan fingerprint density at radius 3 is 2.20 bits per heavy atom. The van der Waals surface area contributed by atoms with Gasteiger partial charge in [-0.05, 0) is 23.1 Å². The van der Waals surface area contributed by atoms with Gasteiger partial charge in [0, 0.05) is 13.1 Å². The van der Waals surface area contributed by atoms with E-state index in [0.29, 0.717) is 13.1 Å².